The molecule has 0 bridgehead atoms. The van der Waals surface area contributed by atoms with Crippen LogP contribution in [-0.2, 0) is 10.0 Å². The molecule has 0 spiro atoms. The molecule has 0 radical (unpaired) electrons. The van der Waals surface area contributed by atoms with Gasteiger partial charge in [-0.25, -0.2) is 12.8 Å². The Morgan fingerprint density at radius 1 is 1.09 bits per heavy atom. The molecule has 0 aliphatic heterocycles. The van der Waals surface area contributed by atoms with Gasteiger partial charge < -0.3 is 9.47 Å². The Morgan fingerprint density at radius 2 is 1.74 bits per heavy atom. The van der Waals surface area contributed by atoms with Gasteiger partial charge in [0.15, 0.2) is 0 Å². The minimum atomic E-state index is -3.97. The highest BCUT2D eigenvalue weighted by molar-refractivity contribution is 7.92. The number of sulfonamides is 1. The van der Waals surface area contributed by atoms with Crippen molar-refractivity contribution in [2.75, 3.05) is 11.8 Å². The Labute approximate surface area is 135 Å². The van der Waals surface area contributed by atoms with E-state index in [2.05, 4.69) is 4.72 Å². The third-order valence-electron chi connectivity index (χ3n) is 2.89. The minimum Gasteiger partial charge on any atom is -0.495 e. The number of halogens is 1. The smallest absolute Gasteiger partial charge is 0.265 e. The van der Waals surface area contributed by atoms with Gasteiger partial charge in [-0.3, -0.25) is 4.72 Å². The Balaban J connectivity index is 2.26. The van der Waals surface area contributed by atoms with Crippen LogP contribution in [-0.4, -0.2) is 21.6 Å². The van der Waals surface area contributed by atoms with Crippen LogP contribution in [0, 0.1) is 5.82 Å². The summed E-state index contributed by atoms with van der Waals surface area (Å²) in [6, 6.07) is 9.76. The summed E-state index contributed by atoms with van der Waals surface area (Å²) in [7, 11) is -2.65. The summed E-state index contributed by atoms with van der Waals surface area (Å²) >= 11 is 0. The fraction of sp³-hybridized carbons (Fsp3) is 0.250. The molecule has 1 N–H and O–H groups in total. The zero-order valence-electron chi connectivity index (χ0n) is 13.0. The number of hydrogen-bond acceptors (Lipinski definition) is 4. The lowest BCUT2D eigenvalue weighted by Crippen LogP contribution is -2.14. The first kappa shape index (κ1) is 17.1. The van der Waals surface area contributed by atoms with E-state index in [4.69, 9.17) is 9.47 Å². The summed E-state index contributed by atoms with van der Waals surface area (Å²) in [5.41, 5.74) is 0.340. The highest BCUT2D eigenvalue weighted by Crippen LogP contribution is 2.27. The number of methoxy groups -OCH3 is 1. The van der Waals surface area contributed by atoms with Gasteiger partial charge in [0, 0.05) is 5.69 Å². The Bertz CT molecular complexity index is 773. The van der Waals surface area contributed by atoms with Gasteiger partial charge >= 0.3 is 0 Å². The highest BCUT2D eigenvalue weighted by Gasteiger charge is 2.20. The molecule has 2 rings (SSSR count). The average Bonchev–Trinajstić information content (AvgIpc) is 2.48. The molecule has 0 atom stereocenters. The van der Waals surface area contributed by atoms with Crippen molar-refractivity contribution in [1.29, 1.82) is 0 Å². The molecule has 0 aliphatic carbocycles. The van der Waals surface area contributed by atoms with E-state index in [1.807, 2.05) is 13.8 Å². The van der Waals surface area contributed by atoms with Crippen molar-refractivity contribution < 1.29 is 22.3 Å². The van der Waals surface area contributed by atoms with Crippen molar-refractivity contribution in [1.82, 2.24) is 0 Å². The summed E-state index contributed by atoms with van der Waals surface area (Å²) in [5, 5.41) is 0. The predicted octanol–water partition coefficient (Wildman–Crippen LogP) is 3.42. The fourth-order valence-corrected chi connectivity index (χ4v) is 3.18. The minimum absolute atomic E-state index is 0.0223. The van der Waals surface area contributed by atoms with Crippen molar-refractivity contribution >= 4 is 15.7 Å². The van der Waals surface area contributed by atoms with Crippen molar-refractivity contribution in [3.63, 3.8) is 0 Å². The van der Waals surface area contributed by atoms with Crippen LogP contribution in [0.4, 0.5) is 10.1 Å². The van der Waals surface area contributed by atoms with Gasteiger partial charge in [0.1, 0.15) is 22.2 Å². The summed E-state index contributed by atoms with van der Waals surface area (Å²) in [6.45, 7) is 3.79. The van der Waals surface area contributed by atoms with Crippen molar-refractivity contribution in [2.45, 2.75) is 24.8 Å². The maximum atomic E-state index is 13.4. The van der Waals surface area contributed by atoms with Gasteiger partial charge in [-0.15, -0.1) is 0 Å². The van der Waals surface area contributed by atoms with E-state index in [-0.39, 0.29) is 16.7 Å². The molecule has 5 nitrogen and oxygen atoms in total. The standard InChI is InChI=1S/C16H18FNO4S/c1-11(2)22-14-7-5-13(6-8-14)18-23(19,20)16-10-12(17)4-9-15(16)21-3/h4-11,18H,1-3H3. The molecule has 0 heterocycles. The van der Waals surface area contributed by atoms with Crippen molar-refractivity contribution in [3.8, 4) is 11.5 Å². The molecule has 7 heteroatoms. The summed E-state index contributed by atoms with van der Waals surface area (Å²) in [4.78, 5) is -0.262. The zero-order valence-corrected chi connectivity index (χ0v) is 13.9. The third kappa shape index (κ3) is 4.35. The van der Waals surface area contributed by atoms with E-state index in [0.29, 0.717) is 11.4 Å². The summed E-state index contributed by atoms with van der Waals surface area (Å²) in [6.07, 6.45) is 0.0223. The molecule has 0 aromatic heterocycles. The largest absolute Gasteiger partial charge is 0.495 e. The van der Waals surface area contributed by atoms with Crippen LogP contribution in [0.2, 0.25) is 0 Å². The second-order valence-electron chi connectivity index (χ2n) is 5.09. The molecular weight excluding hydrogens is 321 g/mol. The number of hydrogen-bond donors (Lipinski definition) is 1. The number of rotatable bonds is 6. The van der Waals surface area contributed by atoms with E-state index in [9.17, 15) is 12.8 Å². The second kappa shape index (κ2) is 6.87. The molecule has 0 unspecified atom stereocenters. The van der Waals surface area contributed by atoms with E-state index in [1.165, 1.54) is 13.2 Å². The maximum absolute atomic E-state index is 13.4. The topological polar surface area (TPSA) is 64.6 Å². The van der Waals surface area contributed by atoms with Crippen LogP contribution in [0.1, 0.15) is 13.8 Å². The first-order valence-electron chi connectivity index (χ1n) is 6.95. The fourth-order valence-electron chi connectivity index (χ4n) is 1.94. The normalized spacial score (nSPS) is 11.3. The van der Waals surface area contributed by atoms with Crippen LogP contribution >= 0.6 is 0 Å². The Morgan fingerprint density at radius 3 is 2.30 bits per heavy atom. The molecule has 0 saturated heterocycles. The van der Waals surface area contributed by atoms with Crippen LogP contribution in [0.5, 0.6) is 11.5 Å². The lowest BCUT2D eigenvalue weighted by molar-refractivity contribution is 0.242. The Hall–Kier alpha value is -2.28. The van der Waals surface area contributed by atoms with E-state index >= 15 is 0 Å². The average molecular weight is 339 g/mol. The molecule has 124 valence electrons. The zero-order chi connectivity index (χ0) is 17.0. The van der Waals surface area contributed by atoms with Gasteiger partial charge in [0.05, 0.1) is 13.2 Å². The van der Waals surface area contributed by atoms with Crippen LogP contribution in [0.3, 0.4) is 0 Å². The van der Waals surface area contributed by atoms with Gasteiger partial charge in [-0.1, -0.05) is 0 Å². The van der Waals surface area contributed by atoms with Gasteiger partial charge in [-0.2, -0.15) is 0 Å². The molecule has 0 fully saturated rings. The number of nitrogens with one attached hydrogen (secondary N) is 1. The van der Waals surface area contributed by atoms with Crippen LogP contribution in [0.15, 0.2) is 47.4 Å². The van der Waals surface area contributed by atoms with Gasteiger partial charge in [-0.05, 0) is 56.3 Å². The lowest BCUT2D eigenvalue weighted by atomic mass is 10.3. The Kier molecular flexibility index (Phi) is 5.10. The number of anilines is 1. The van der Waals surface area contributed by atoms with Gasteiger partial charge in [0.2, 0.25) is 0 Å². The summed E-state index contributed by atoms with van der Waals surface area (Å²) in [5.74, 6) is 0.0387. The first-order valence-corrected chi connectivity index (χ1v) is 8.43. The molecule has 0 aliphatic rings. The predicted molar refractivity (Wildman–Crippen MR) is 86.0 cm³/mol. The SMILES string of the molecule is COc1ccc(F)cc1S(=O)(=O)Nc1ccc(OC(C)C)cc1. The maximum Gasteiger partial charge on any atom is 0.265 e. The van der Waals surface area contributed by atoms with Crippen molar-refractivity contribution in [3.05, 3.63) is 48.3 Å². The number of benzene rings is 2. The number of ether oxygens (including phenoxy) is 2. The van der Waals surface area contributed by atoms with Crippen LogP contribution in [0.25, 0.3) is 0 Å². The van der Waals surface area contributed by atoms with E-state index < -0.39 is 15.8 Å². The lowest BCUT2D eigenvalue weighted by Gasteiger charge is -2.13. The molecule has 2 aromatic rings. The molecule has 23 heavy (non-hydrogen) atoms. The summed E-state index contributed by atoms with van der Waals surface area (Å²) < 4.78 is 51.0. The third-order valence-corrected chi connectivity index (χ3v) is 4.30. The van der Waals surface area contributed by atoms with E-state index in [1.54, 1.807) is 24.3 Å². The molecule has 0 saturated carbocycles. The van der Waals surface area contributed by atoms with Crippen LogP contribution < -0.4 is 14.2 Å². The van der Waals surface area contributed by atoms with Gasteiger partial charge in [0.25, 0.3) is 10.0 Å². The molecular formula is C16H18FNO4S. The van der Waals surface area contributed by atoms with Crippen molar-refractivity contribution in [2.24, 2.45) is 0 Å². The van der Waals surface area contributed by atoms with E-state index in [0.717, 1.165) is 12.1 Å². The highest BCUT2D eigenvalue weighted by atomic mass is 32.2. The molecule has 0 amide bonds. The molecule has 2 aromatic carbocycles. The second-order valence-corrected chi connectivity index (χ2v) is 6.74. The monoisotopic (exact) mass is 339 g/mol. The first-order chi connectivity index (χ1) is 10.8. The quantitative estimate of drug-likeness (QED) is 0.876.